The topological polar surface area (TPSA) is 109 Å². The molecule has 0 radical (unpaired) electrons. The minimum atomic E-state index is -0.729. The highest BCUT2D eigenvalue weighted by atomic mass is 16.5. The molecule has 9 nitrogen and oxygen atoms in total. The number of benzene rings is 1. The second kappa shape index (κ2) is 12.8. The molecule has 210 valence electrons. The Labute approximate surface area is 227 Å². The number of para-hydroxylation sites is 1. The SMILES string of the molecule is CCCCC1(C2CCCN(C(C)=O)C2)CC(O)N(CC2CCN(C(=O)COc3ccccc3)CC2)C(=N)N1. The second-order valence-corrected chi connectivity index (χ2v) is 11.3. The highest BCUT2D eigenvalue weighted by Gasteiger charge is 2.47. The van der Waals surface area contributed by atoms with Gasteiger partial charge in [-0.1, -0.05) is 38.0 Å². The number of rotatable bonds is 9. The Balaban J connectivity index is 1.31. The van der Waals surface area contributed by atoms with Crippen molar-refractivity contribution in [3.05, 3.63) is 30.3 Å². The van der Waals surface area contributed by atoms with Crippen LogP contribution < -0.4 is 10.1 Å². The lowest BCUT2D eigenvalue weighted by atomic mass is 9.72. The van der Waals surface area contributed by atoms with Gasteiger partial charge in [0.2, 0.25) is 5.91 Å². The molecule has 0 aromatic heterocycles. The van der Waals surface area contributed by atoms with Gasteiger partial charge in [0.1, 0.15) is 12.0 Å². The van der Waals surface area contributed by atoms with Gasteiger partial charge in [-0.2, -0.15) is 0 Å². The molecular weight excluding hydrogens is 482 g/mol. The van der Waals surface area contributed by atoms with Crippen molar-refractivity contribution in [2.45, 2.75) is 77.0 Å². The van der Waals surface area contributed by atoms with Crippen LogP contribution in [0.15, 0.2) is 30.3 Å². The van der Waals surface area contributed by atoms with Crippen LogP contribution in [0.3, 0.4) is 0 Å². The van der Waals surface area contributed by atoms with Gasteiger partial charge in [0, 0.05) is 51.6 Å². The van der Waals surface area contributed by atoms with E-state index in [2.05, 4.69) is 12.2 Å². The van der Waals surface area contributed by atoms with Crippen LogP contribution in [0.4, 0.5) is 0 Å². The molecule has 2 amide bonds. The quantitative estimate of drug-likeness (QED) is 0.456. The van der Waals surface area contributed by atoms with E-state index in [-0.39, 0.29) is 35.8 Å². The van der Waals surface area contributed by atoms with E-state index in [4.69, 9.17) is 10.1 Å². The highest BCUT2D eigenvalue weighted by Crippen LogP contribution is 2.38. The Hall–Kier alpha value is -2.81. The van der Waals surface area contributed by atoms with Crippen LogP contribution in [0.1, 0.15) is 65.2 Å². The Kier molecular flexibility index (Phi) is 9.52. The molecule has 1 aromatic rings. The molecule has 0 aliphatic carbocycles. The van der Waals surface area contributed by atoms with Crippen LogP contribution in [0.5, 0.6) is 5.75 Å². The minimum Gasteiger partial charge on any atom is -0.484 e. The number of amides is 2. The van der Waals surface area contributed by atoms with Gasteiger partial charge in [-0.05, 0) is 56.1 Å². The zero-order valence-corrected chi connectivity index (χ0v) is 23.0. The standard InChI is InChI=1S/C29H45N5O4/c1-3-4-14-29(24-9-8-15-33(20-24)22(2)35)18-26(36)34(28(30)31-29)19-23-12-16-32(17-13-23)27(37)21-38-25-10-6-5-7-11-25/h5-7,10-11,23-24,26,36H,3-4,8-9,12-21H2,1-2H3,(H2,30,31). The third kappa shape index (κ3) is 6.79. The summed E-state index contributed by atoms with van der Waals surface area (Å²) in [5.74, 6) is 1.60. The fraction of sp³-hybridized carbons (Fsp3) is 0.690. The summed E-state index contributed by atoms with van der Waals surface area (Å²) in [6.45, 7) is 7.24. The van der Waals surface area contributed by atoms with E-state index in [1.807, 2.05) is 40.1 Å². The summed E-state index contributed by atoms with van der Waals surface area (Å²) in [6, 6.07) is 9.37. The van der Waals surface area contributed by atoms with Crippen molar-refractivity contribution < 1.29 is 19.4 Å². The predicted octanol–water partition coefficient (Wildman–Crippen LogP) is 3.04. The molecule has 0 bridgehead atoms. The number of aliphatic hydroxyl groups excluding tert-OH is 1. The van der Waals surface area contributed by atoms with Crippen LogP contribution in [0.2, 0.25) is 0 Å². The summed E-state index contributed by atoms with van der Waals surface area (Å²) in [5, 5.41) is 23.7. The van der Waals surface area contributed by atoms with Crippen LogP contribution in [0.25, 0.3) is 0 Å². The maximum atomic E-state index is 12.6. The molecule has 1 aromatic carbocycles. The number of carbonyl (C=O) groups excluding carboxylic acids is 2. The number of ether oxygens (including phenoxy) is 1. The smallest absolute Gasteiger partial charge is 0.260 e. The Morgan fingerprint density at radius 2 is 1.87 bits per heavy atom. The first-order valence-corrected chi connectivity index (χ1v) is 14.3. The maximum absolute atomic E-state index is 12.6. The number of hydrogen-bond donors (Lipinski definition) is 3. The molecule has 3 heterocycles. The summed E-state index contributed by atoms with van der Waals surface area (Å²) < 4.78 is 5.62. The number of nitrogens with one attached hydrogen (secondary N) is 2. The number of hydrogen-bond acceptors (Lipinski definition) is 5. The first-order chi connectivity index (χ1) is 18.3. The lowest BCUT2D eigenvalue weighted by Crippen LogP contribution is -2.68. The number of aliphatic hydroxyl groups is 1. The molecule has 3 fully saturated rings. The molecule has 3 aliphatic rings. The van der Waals surface area contributed by atoms with E-state index >= 15 is 0 Å². The summed E-state index contributed by atoms with van der Waals surface area (Å²) >= 11 is 0. The summed E-state index contributed by atoms with van der Waals surface area (Å²) in [4.78, 5) is 30.3. The van der Waals surface area contributed by atoms with Crippen LogP contribution in [-0.4, -0.2) is 88.7 Å². The van der Waals surface area contributed by atoms with E-state index < -0.39 is 6.23 Å². The summed E-state index contributed by atoms with van der Waals surface area (Å²) in [7, 11) is 0. The van der Waals surface area contributed by atoms with Crippen molar-refractivity contribution >= 4 is 17.8 Å². The molecule has 0 spiro atoms. The first-order valence-electron chi connectivity index (χ1n) is 14.3. The number of likely N-dealkylation sites (tertiary alicyclic amines) is 2. The number of piperidine rings is 2. The highest BCUT2D eigenvalue weighted by molar-refractivity contribution is 5.79. The molecule has 3 N–H and O–H groups in total. The van der Waals surface area contributed by atoms with Crippen molar-refractivity contribution in [3.63, 3.8) is 0 Å². The summed E-state index contributed by atoms with van der Waals surface area (Å²) in [5.41, 5.74) is -0.369. The van der Waals surface area contributed by atoms with Gasteiger partial charge >= 0.3 is 0 Å². The van der Waals surface area contributed by atoms with Gasteiger partial charge in [-0.3, -0.25) is 15.0 Å². The van der Waals surface area contributed by atoms with E-state index in [0.29, 0.717) is 44.3 Å². The molecule has 38 heavy (non-hydrogen) atoms. The Morgan fingerprint density at radius 3 is 2.53 bits per heavy atom. The molecule has 3 atom stereocenters. The zero-order chi connectivity index (χ0) is 27.1. The van der Waals surface area contributed by atoms with Crippen molar-refractivity contribution in [1.82, 2.24) is 20.0 Å². The molecular formula is C29H45N5O4. The number of unbranched alkanes of at least 4 members (excludes halogenated alkanes) is 1. The van der Waals surface area contributed by atoms with E-state index in [1.165, 1.54) is 0 Å². The molecule has 0 saturated carbocycles. The number of nitrogens with zero attached hydrogens (tertiary/aromatic N) is 3. The fourth-order valence-electron chi connectivity index (χ4n) is 6.40. The average Bonchev–Trinajstić information content (AvgIpc) is 2.93. The van der Waals surface area contributed by atoms with Gasteiger partial charge in [0.05, 0.1) is 0 Å². The fourth-order valence-corrected chi connectivity index (χ4v) is 6.40. The van der Waals surface area contributed by atoms with E-state index in [1.54, 1.807) is 11.8 Å². The molecule has 3 unspecified atom stereocenters. The number of carbonyl (C=O) groups is 2. The largest absolute Gasteiger partial charge is 0.484 e. The van der Waals surface area contributed by atoms with Gasteiger partial charge < -0.3 is 29.9 Å². The lowest BCUT2D eigenvalue weighted by molar-refractivity contribution is -0.135. The van der Waals surface area contributed by atoms with Gasteiger partial charge in [0.25, 0.3) is 5.91 Å². The molecule has 9 heteroatoms. The molecule has 3 aliphatic heterocycles. The van der Waals surface area contributed by atoms with Gasteiger partial charge in [-0.25, -0.2) is 0 Å². The van der Waals surface area contributed by atoms with E-state index in [9.17, 15) is 14.7 Å². The van der Waals surface area contributed by atoms with Crippen molar-refractivity contribution in [1.29, 1.82) is 5.41 Å². The van der Waals surface area contributed by atoms with Crippen LogP contribution in [-0.2, 0) is 9.59 Å². The Bertz CT molecular complexity index is 952. The van der Waals surface area contributed by atoms with Crippen LogP contribution in [0, 0.1) is 17.2 Å². The van der Waals surface area contributed by atoms with Crippen molar-refractivity contribution in [2.24, 2.45) is 11.8 Å². The average molecular weight is 528 g/mol. The van der Waals surface area contributed by atoms with Crippen LogP contribution >= 0.6 is 0 Å². The van der Waals surface area contributed by atoms with Crippen molar-refractivity contribution in [3.8, 4) is 5.75 Å². The lowest BCUT2D eigenvalue weighted by Gasteiger charge is -2.53. The number of guanidine groups is 1. The molecule has 4 rings (SSSR count). The van der Waals surface area contributed by atoms with E-state index in [0.717, 1.165) is 51.5 Å². The van der Waals surface area contributed by atoms with Gasteiger partial charge in [0.15, 0.2) is 12.6 Å². The summed E-state index contributed by atoms with van der Waals surface area (Å²) in [6.07, 6.45) is 6.42. The monoisotopic (exact) mass is 527 g/mol. The van der Waals surface area contributed by atoms with Gasteiger partial charge in [-0.15, -0.1) is 0 Å². The second-order valence-electron chi connectivity index (χ2n) is 11.3. The third-order valence-corrected chi connectivity index (χ3v) is 8.71. The normalized spacial score (nSPS) is 26.7. The third-order valence-electron chi connectivity index (χ3n) is 8.71. The first kappa shape index (κ1) is 28.2. The van der Waals surface area contributed by atoms with Crippen molar-refractivity contribution in [2.75, 3.05) is 39.3 Å². The zero-order valence-electron chi connectivity index (χ0n) is 23.0. The predicted molar refractivity (Wildman–Crippen MR) is 147 cm³/mol. The Morgan fingerprint density at radius 1 is 1.13 bits per heavy atom. The maximum Gasteiger partial charge on any atom is 0.260 e. The molecule has 3 saturated heterocycles. The minimum absolute atomic E-state index is 0.00693.